The fourth-order valence-corrected chi connectivity index (χ4v) is 5.10. The molecule has 0 radical (unpaired) electrons. The van der Waals surface area contributed by atoms with E-state index < -0.39 is 12.0 Å². The van der Waals surface area contributed by atoms with Gasteiger partial charge in [0, 0.05) is 25.6 Å². The second-order valence-electron chi connectivity index (χ2n) is 10.1. The normalized spacial score (nSPS) is 14.5. The third-order valence-electron chi connectivity index (χ3n) is 7.08. The number of nitrogens with zero attached hydrogens (tertiary/aromatic N) is 2. The van der Waals surface area contributed by atoms with Crippen molar-refractivity contribution in [3.05, 3.63) is 108 Å². The average molecular weight is 565 g/mol. The van der Waals surface area contributed by atoms with Crippen molar-refractivity contribution in [3.8, 4) is 0 Å². The van der Waals surface area contributed by atoms with Gasteiger partial charge in [0.1, 0.15) is 13.2 Å². The quantitative estimate of drug-likeness (QED) is 0.316. The van der Waals surface area contributed by atoms with Gasteiger partial charge in [-0.2, -0.15) is 0 Å². The molecule has 5 rings (SSSR count). The van der Waals surface area contributed by atoms with Crippen LogP contribution in [0.2, 0.25) is 0 Å². The lowest BCUT2D eigenvalue weighted by Gasteiger charge is -2.26. The van der Waals surface area contributed by atoms with Crippen LogP contribution in [0.1, 0.15) is 22.8 Å². The van der Waals surface area contributed by atoms with Crippen LogP contribution >= 0.6 is 0 Å². The first-order valence-electron chi connectivity index (χ1n) is 13.8. The van der Waals surface area contributed by atoms with Crippen LogP contribution in [0.4, 0.5) is 11.4 Å². The average Bonchev–Trinajstić information content (AvgIpc) is 3.15. The number of carbonyl (C=O) groups is 4. The summed E-state index contributed by atoms with van der Waals surface area (Å²) in [7, 11) is 0. The van der Waals surface area contributed by atoms with Crippen LogP contribution in [0, 0.1) is 0 Å². The first kappa shape index (κ1) is 28.4. The van der Waals surface area contributed by atoms with Gasteiger partial charge >= 0.3 is 5.97 Å². The van der Waals surface area contributed by atoms with Gasteiger partial charge in [0.25, 0.3) is 5.91 Å². The molecule has 0 fully saturated rings. The third-order valence-corrected chi connectivity index (χ3v) is 7.08. The van der Waals surface area contributed by atoms with Crippen molar-refractivity contribution in [2.75, 3.05) is 36.0 Å². The van der Waals surface area contributed by atoms with Crippen molar-refractivity contribution in [3.63, 3.8) is 0 Å². The number of amides is 3. The molecule has 0 unspecified atom stereocenters. The number of nitrogens with one attached hydrogen (secondary N) is 2. The second kappa shape index (κ2) is 13.0. The molecule has 214 valence electrons. The second-order valence-corrected chi connectivity index (χ2v) is 10.1. The van der Waals surface area contributed by atoms with Gasteiger partial charge in [-0.25, -0.2) is 0 Å². The maximum Gasteiger partial charge on any atom is 0.325 e. The molecule has 1 heterocycles. The molecule has 0 spiro atoms. The summed E-state index contributed by atoms with van der Waals surface area (Å²) in [4.78, 5) is 54.9. The zero-order valence-electron chi connectivity index (χ0n) is 23.3. The SMILES string of the molecule is CC(=O)NCC(=O)N1C[C@H](NC(=O)c2cccc3ccccc23)CN(CC(=O)OCc2ccccc2)c2ccccc21. The van der Waals surface area contributed by atoms with E-state index in [0.29, 0.717) is 16.9 Å². The molecule has 0 aromatic heterocycles. The van der Waals surface area contributed by atoms with Crippen LogP contribution in [-0.2, 0) is 25.7 Å². The summed E-state index contributed by atoms with van der Waals surface area (Å²) < 4.78 is 5.56. The number of hydrogen-bond donors (Lipinski definition) is 2. The van der Waals surface area contributed by atoms with Gasteiger partial charge in [-0.05, 0) is 34.5 Å². The standard InChI is InChI=1S/C33H32N4O5/c1-23(38)34-18-31(39)37-20-26(35-33(41)28-15-9-13-25-12-5-6-14-27(25)28)19-36(29-16-7-8-17-30(29)37)21-32(40)42-22-24-10-3-2-4-11-24/h2-17,26H,18-22H2,1H3,(H,34,38)(H,35,41)/t26-/m1/s1. The number of esters is 1. The van der Waals surface area contributed by atoms with Gasteiger partial charge < -0.3 is 25.2 Å². The fourth-order valence-electron chi connectivity index (χ4n) is 5.10. The van der Waals surface area contributed by atoms with E-state index in [9.17, 15) is 19.2 Å². The van der Waals surface area contributed by atoms with Crippen LogP contribution in [0.5, 0.6) is 0 Å². The monoisotopic (exact) mass is 564 g/mol. The molecule has 0 saturated heterocycles. The molecule has 0 bridgehead atoms. The third kappa shape index (κ3) is 6.75. The fraction of sp³-hybridized carbons (Fsp3) is 0.212. The zero-order valence-corrected chi connectivity index (χ0v) is 23.3. The molecular formula is C33H32N4O5. The highest BCUT2D eigenvalue weighted by Crippen LogP contribution is 2.32. The highest BCUT2D eigenvalue weighted by atomic mass is 16.5. The molecule has 3 amide bonds. The van der Waals surface area contributed by atoms with Gasteiger partial charge in [-0.3, -0.25) is 19.2 Å². The maximum atomic E-state index is 13.6. The predicted octanol–water partition coefficient (Wildman–Crippen LogP) is 3.67. The lowest BCUT2D eigenvalue weighted by atomic mass is 10.0. The molecule has 1 atom stereocenters. The predicted molar refractivity (Wildman–Crippen MR) is 161 cm³/mol. The summed E-state index contributed by atoms with van der Waals surface area (Å²) in [6.07, 6.45) is 0. The molecule has 1 aliphatic heterocycles. The lowest BCUT2D eigenvalue weighted by molar-refractivity contribution is -0.143. The Morgan fingerprint density at radius 1 is 0.810 bits per heavy atom. The molecule has 4 aromatic rings. The van der Waals surface area contributed by atoms with Crippen molar-refractivity contribution in [1.82, 2.24) is 10.6 Å². The Hall–Kier alpha value is -5.18. The Kier molecular flexibility index (Phi) is 8.77. The van der Waals surface area contributed by atoms with Gasteiger partial charge in [-0.15, -0.1) is 0 Å². The largest absolute Gasteiger partial charge is 0.459 e. The Bertz CT molecular complexity index is 1600. The van der Waals surface area contributed by atoms with Gasteiger partial charge in [0.2, 0.25) is 11.8 Å². The number of rotatable bonds is 8. The van der Waals surface area contributed by atoms with E-state index in [1.807, 2.05) is 83.8 Å². The molecule has 9 nitrogen and oxygen atoms in total. The zero-order chi connectivity index (χ0) is 29.5. The molecule has 0 aliphatic carbocycles. The molecule has 42 heavy (non-hydrogen) atoms. The smallest absolute Gasteiger partial charge is 0.325 e. The number of benzene rings is 4. The summed E-state index contributed by atoms with van der Waals surface area (Å²) in [6, 6.07) is 29.3. The van der Waals surface area contributed by atoms with Gasteiger partial charge in [-0.1, -0.05) is 78.9 Å². The van der Waals surface area contributed by atoms with Crippen molar-refractivity contribution < 1.29 is 23.9 Å². The molecule has 2 N–H and O–H groups in total. The Morgan fingerprint density at radius 3 is 2.29 bits per heavy atom. The van der Waals surface area contributed by atoms with E-state index in [-0.39, 0.29) is 50.5 Å². The van der Waals surface area contributed by atoms with Crippen LogP contribution in [0.15, 0.2) is 97.1 Å². The van der Waals surface area contributed by atoms with E-state index in [1.54, 1.807) is 23.1 Å². The van der Waals surface area contributed by atoms with Gasteiger partial charge in [0.15, 0.2) is 0 Å². The highest BCUT2D eigenvalue weighted by Gasteiger charge is 2.32. The topological polar surface area (TPSA) is 108 Å². The summed E-state index contributed by atoms with van der Waals surface area (Å²) in [5.74, 6) is -1.39. The van der Waals surface area contributed by atoms with Crippen molar-refractivity contribution in [2.45, 2.75) is 19.6 Å². The lowest BCUT2D eigenvalue weighted by Crippen LogP contribution is -2.51. The number of para-hydroxylation sites is 2. The van der Waals surface area contributed by atoms with Crippen LogP contribution in [0.3, 0.4) is 0 Å². The van der Waals surface area contributed by atoms with Crippen LogP contribution in [0.25, 0.3) is 10.8 Å². The summed E-state index contributed by atoms with van der Waals surface area (Å²) in [5, 5.41) is 7.42. The Labute approximate surface area is 244 Å². The minimum atomic E-state index is -0.549. The summed E-state index contributed by atoms with van der Waals surface area (Å²) in [6.45, 7) is 1.59. The van der Waals surface area contributed by atoms with E-state index in [4.69, 9.17) is 4.74 Å². The van der Waals surface area contributed by atoms with Crippen molar-refractivity contribution in [2.24, 2.45) is 0 Å². The van der Waals surface area contributed by atoms with Crippen LogP contribution in [-0.4, -0.2) is 55.9 Å². The van der Waals surface area contributed by atoms with E-state index >= 15 is 0 Å². The Morgan fingerprint density at radius 2 is 1.50 bits per heavy atom. The van der Waals surface area contributed by atoms with Crippen molar-refractivity contribution in [1.29, 1.82) is 0 Å². The molecule has 4 aromatic carbocycles. The van der Waals surface area contributed by atoms with Crippen LogP contribution < -0.4 is 20.4 Å². The number of fused-ring (bicyclic) bond motifs is 2. The minimum absolute atomic E-state index is 0.0851. The minimum Gasteiger partial charge on any atom is -0.459 e. The number of hydrogen-bond acceptors (Lipinski definition) is 6. The van der Waals surface area contributed by atoms with Crippen molar-refractivity contribution >= 4 is 45.8 Å². The number of ether oxygens (including phenoxy) is 1. The van der Waals surface area contributed by atoms with E-state index in [1.165, 1.54) is 6.92 Å². The molecule has 1 aliphatic rings. The number of anilines is 2. The molecule has 0 saturated carbocycles. The first-order valence-corrected chi connectivity index (χ1v) is 13.8. The number of carbonyl (C=O) groups excluding carboxylic acids is 4. The highest BCUT2D eigenvalue weighted by molar-refractivity contribution is 6.07. The van der Waals surface area contributed by atoms with Gasteiger partial charge in [0.05, 0.1) is 24.0 Å². The van der Waals surface area contributed by atoms with E-state index in [2.05, 4.69) is 10.6 Å². The first-order chi connectivity index (χ1) is 20.4. The molecular weight excluding hydrogens is 532 g/mol. The maximum absolute atomic E-state index is 13.6. The summed E-state index contributed by atoms with van der Waals surface area (Å²) in [5.41, 5.74) is 2.61. The molecule has 9 heteroatoms. The summed E-state index contributed by atoms with van der Waals surface area (Å²) >= 11 is 0. The van der Waals surface area contributed by atoms with E-state index in [0.717, 1.165) is 16.3 Å². The Balaban J connectivity index is 1.42.